The Balaban J connectivity index is 2.36. The number of hydrogen-bond donors (Lipinski definition) is 0. The van der Waals surface area contributed by atoms with Crippen LogP contribution in [0, 0.1) is 0 Å². The summed E-state index contributed by atoms with van der Waals surface area (Å²) in [6.45, 7) is 1.91. The summed E-state index contributed by atoms with van der Waals surface area (Å²) in [5, 5.41) is 0. The van der Waals surface area contributed by atoms with Gasteiger partial charge < -0.3 is 9.64 Å². The van der Waals surface area contributed by atoms with Crippen molar-refractivity contribution >= 4 is 5.91 Å². The van der Waals surface area contributed by atoms with E-state index in [0.717, 1.165) is 25.0 Å². The van der Waals surface area contributed by atoms with Crippen LogP contribution in [0.4, 0.5) is 0 Å². The Labute approximate surface area is 109 Å². The number of amides is 1. The Morgan fingerprint density at radius 1 is 1.50 bits per heavy atom. The van der Waals surface area contributed by atoms with E-state index in [9.17, 15) is 4.79 Å². The second-order valence-electron chi connectivity index (χ2n) is 4.79. The molecule has 0 radical (unpaired) electrons. The molecule has 1 amide bonds. The van der Waals surface area contributed by atoms with E-state index in [0.29, 0.717) is 6.42 Å². The van der Waals surface area contributed by atoms with Gasteiger partial charge in [0, 0.05) is 13.5 Å². The topological polar surface area (TPSA) is 29.5 Å². The minimum Gasteiger partial charge on any atom is -0.496 e. The van der Waals surface area contributed by atoms with Crippen LogP contribution >= 0.6 is 0 Å². The Hall–Kier alpha value is -1.51. The fourth-order valence-electron chi connectivity index (χ4n) is 2.81. The van der Waals surface area contributed by atoms with Gasteiger partial charge in [-0.3, -0.25) is 4.79 Å². The molecule has 0 fully saturated rings. The molecule has 1 aliphatic rings. The van der Waals surface area contributed by atoms with Crippen molar-refractivity contribution in [1.29, 1.82) is 0 Å². The molecule has 18 heavy (non-hydrogen) atoms. The van der Waals surface area contributed by atoms with E-state index in [1.54, 1.807) is 7.11 Å². The van der Waals surface area contributed by atoms with E-state index in [1.807, 2.05) is 31.0 Å². The zero-order valence-corrected chi connectivity index (χ0v) is 11.4. The van der Waals surface area contributed by atoms with Gasteiger partial charge in [0.2, 0.25) is 5.91 Å². The second kappa shape index (κ2) is 5.42. The van der Waals surface area contributed by atoms with Gasteiger partial charge in [-0.1, -0.05) is 19.1 Å². The highest BCUT2D eigenvalue weighted by molar-refractivity contribution is 5.76. The molecule has 0 aromatic heterocycles. The molecule has 0 bridgehead atoms. The van der Waals surface area contributed by atoms with Crippen molar-refractivity contribution in [2.24, 2.45) is 0 Å². The number of benzene rings is 1. The normalized spacial score (nSPS) is 18.1. The van der Waals surface area contributed by atoms with Crippen molar-refractivity contribution in [3.05, 3.63) is 29.3 Å². The summed E-state index contributed by atoms with van der Waals surface area (Å²) in [7, 11) is 3.62. The molecule has 0 N–H and O–H groups in total. The number of carbonyl (C=O) groups is 1. The van der Waals surface area contributed by atoms with Crippen LogP contribution in [-0.4, -0.2) is 25.0 Å². The number of carbonyl (C=O) groups excluding carboxylic acids is 1. The summed E-state index contributed by atoms with van der Waals surface area (Å²) in [5.41, 5.74) is 2.52. The molecular weight excluding hydrogens is 226 g/mol. The smallest absolute Gasteiger partial charge is 0.222 e. The number of nitrogens with zero attached hydrogens (tertiary/aromatic N) is 1. The largest absolute Gasteiger partial charge is 0.496 e. The van der Waals surface area contributed by atoms with Crippen molar-refractivity contribution in [3.63, 3.8) is 0 Å². The first kappa shape index (κ1) is 12.9. The number of fused-ring (bicyclic) bond motifs is 1. The maximum atomic E-state index is 11.9. The SMILES string of the molecule is CCC(=O)N(C)[C@@H]1CCCc2c(OC)cccc21. The molecular formula is C15H21NO2. The maximum Gasteiger partial charge on any atom is 0.222 e. The summed E-state index contributed by atoms with van der Waals surface area (Å²) in [4.78, 5) is 13.8. The molecule has 1 aromatic carbocycles. The fraction of sp³-hybridized carbons (Fsp3) is 0.533. The van der Waals surface area contributed by atoms with E-state index < -0.39 is 0 Å². The number of methoxy groups -OCH3 is 1. The third-order valence-electron chi connectivity index (χ3n) is 3.82. The van der Waals surface area contributed by atoms with Gasteiger partial charge in [-0.05, 0) is 36.5 Å². The van der Waals surface area contributed by atoms with Crippen LogP contribution in [-0.2, 0) is 11.2 Å². The Morgan fingerprint density at radius 3 is 2.94 bits per heavy atom. The molecule has 0 unspecified atom stereocenters. The molecule has 1 aromatic rings. The highest BCUT2D eigenvalue weighted by Gasteiger charge is 2.27. The molecule has 0 spiro atoms. The highest BCUT2D eigenvalue weighted by atomic mass is 16.5. The summed E-state index contributed by atoms with van der Waals surface area (Å²) in [6, 6.07) is 6.35. The fourth-order valence-corrected chi connectivity index (χ4v) is 2.81. The van der Waals surface area contributed by atoms with Crippen LogP contribution in [0.3, 0.4) is 0 Å². The third-order valence-corrected chi connectivity index (χ3v) is 3.82. The summed E-state index contributed by atoms with van der Waals surface area (Å²) in [5.74, 6) is 1.16. The zero-order chi connectivity index (χ0) is 13.1. The van der Waals surface area contributed by atoms with Gasteiger partial charge in [0.1, 0.15) is 5.75 Å². The van der Waals surface area contributed by atoms with Gasteiger partial charge in [0.05, 0.1) is 13.2 Å². The van der Waals surface area contributed by atoms with Crippen molar-refractivity contribution in [2.45, 2.75) is 38.6 Å². The van der Waals surface area contributed by atoms with Crippen LogP contribution in [0.25, 0.3) is 0 Å². The van der Waals surface area contributed by atoms with Crippen molar-refractivity contribution in [3.8, 4) is 5.75 Å². The number of rotatable bonds is 3. The first-order valence-corrected chi connectivity index (χ1v) is 6.60. The Kier molecular flexibility index (Phi) is 3.90. The predicted molar refractivity (Wildman–Crippen MR) is 71.7 cm³/mol. The summed E-state index contributed by atoms with van der Waals surface area (Å²) < 4.78 is 5.42. The zero-order valence-electron chi connectivity index (χ0n) is 11.4. The molecule has 0 saturated carbocycles. The second-order valence-corrected chi connectivity index (χ2v) is 4.79. The van der Waals surface area contributed by atoms with Gasteiger partial charge >= 0.3 is 0 Å². The molecule has 1 aliphatic carbocycles. The lowest BCUT2D eigenvalue weighted by atomic mass is 9.86. The Bertz CT molecular complexity index is 442. The van der Waals surface area contributed by atoms with Crippen molar-refractivity contribution in [1.82, 2.24) is 4.90 Å². The van der Waals surface area contributed by atoms with Crippen LogP contribution in [0.2, 0.25) is 0 Å². The summed E-state index contributed by atoms with van der Waals surface area (Å²) >= 11 is 0. The molecule has 0 heterocycles. The van der Waals surface area contributed by atoms with E-state index >= 15 is 0 Å². The van der Waals surface area contributed by atoms with E-state index in [1.165, 1.54) is 11.1 Å². The molecule has 3 heteroatoms. The number of hydrogen-bond acceptors (Lipinski definition) is 2. The van der Waals surface area contributed by atoms with Crippen molar-refractivity contribution in [2.75, 3.05) is 14.2 Å². The molecule has 2 rings (SSSR count). The average Bonchev–Trinajstić information content (AvgIpc) is 2.44. The van der Waals surface area contributed by atoms with Gasteiger partial charge in [-0.25, -0.2) is 0 Å². The predicted octanol–water partition coefficient (Wildman–Crippen LogP) is 2.94. The van der Waals surface area contributed by atoms with Gasteiger partial charge in [-0.15, -0.1) is 0 Å². The van der Waals surface area contributed by atoms with Crippen LogP contribution in [0.1, 0.15) is 43.4 Å². The van der Waals surface area contributed by atoms with Gasteiger partial charge in [-0.2, -0.15) is 0 Å². The third kappa shape index (κ3) is 2.22. The minimum atomic E-state index is 0.204. The highest BCUT2D eigenvalue weighted by Crippen LogP contribution is 2.38. The quantitative estimate of drug-likeness (QED) is 0.822. The lowest BCUT2D eigenvalue weighted by Crippen LogP contribution is -2.32. The average molecular weight is 247 g/mol. The molecule has 3 nitrogen and oxygen atoms in total. The first-order valence-electron chi connectivity index (χ1n) is 6.60. The summed E-state index contributed by atoms with van der Waals surface area (Å²) in [6.07, 6.45) is 3.76. The minimum absolute atomic E-state index is 0.204. The van der Waals surface area contributed by atoms with E-state index in [-0.39, 0.29) is 11.9 Å². The lowest BCUT2D eigenvalue weighted by molar-refractivity contribution is -0.132. The van der Waals surface area contributed by atoms with Gasteiger partial charge in [0.25, 0.3) is 0 Å². The molecule has 0 aliphatic heterocycles. The van der Waals surface area contributed by atoms with Crippen LogP contribution < -0.4 is 4.74 Å². The lowest BCUT2D eigenvalue weighted by Gasteiger charge is -2.33. The number of ether oxygens (including phenoxy) is 1. The molecule has 1 atom stereocenters. The van der Waals surface area contributed by atoms with Crippen LogP contribution in [0.5, 0.6) is 5.75 Å². The Morgan fingerprint density at radius 2 is 2.28 bits per heavy atom. The van der Waals surface area contributed by atoms with Crippen molar-refractivity contribution < 1.29 is 9.53 Å². The van der Waals surface area contributed by atoms with Gasteiger partial charge in [0.15, 0.2) is 0 Å². The van der Waals surface area contributed by atoms with E-state index in [4.69, 9.17) is 4.74 Å². The molecule has 0 saturated heterocycles. The standard InChI is InChI=1S/C15H21NO2/c1-4-15(17)16(2)13-9-5-8-12-11(13)7-6-10-14(12)18-3/h6-7,10,13H,4-5,8-9H2,1-3H3/t13-/m1/s1. The van der Waals surface area contributed by atoms with E-state index in [2.05, 4.69) is 6.07 Å². The maximum absolute atomic E-state index is 11.9. The first-order chi connectivity index (χ1) is 8.69. The monoisotopic (exact) mass is 247 g/mol. The van der Waals surface area contributed by atoms with Crippen LogP contribution in [0.15, 0.2) is 18.2 Å². The molecule has 98 valence electrons.